The number of ether oxygens (including phenoxy) is 4. The Bertz CT molecular complexity index is 779. The van der Waals surface area contributed by atoms with Gasteiger partial charge in [0.05, 0.1) is 13.7 Å². The largest absolute Gasteiger partial charge is 0.497 e. The predicted octanol–water partition coefficient (Wildman–Crippen LogP) is 1.24. The fourth-order valence-corrected chi connectivity index (χ4v) is 2.90. The Kier molecular flexibility index (Phi) is 7.46. The first-order valence-electron chi connectivity index (χ1n) is 9.44. The summed E-state index contributed by atoms with van der Waals surface area (Å²) in [6.45, 7) is 3.51. The summed E-state index contributed by atoms with van der Waals surface area (Å²) >= 11 is 0. The molecule has 0 bridgehead atoms. The number of hydrogen-bond donors (Lipinski definition) is 0. The van der Waals surface area contributed by atoms with Gasteiger partial charge in [-0.2, -0.15) is 0 Å². The Hall–Kier alpha value is -3.07. The van der Waals surface area contributed by atoms with Crippen LogP contribution in [0.2, 0.25) is 0 Å². The van der Waals surface area contributed by atoms with E-state index in [1.165, 1.54) is 0 Å². The van der Waals surface area contributed by atoms with Crippen LogP contribution in [0, 0.1) is 0 Å². The average Bonchev–Trinajstić information content (AvgIpc) is 2.78. The fraction of sp³-hybridized carbons (Fsp3) is 0.450. The molecule has 1 fully saturated rings. The van der Waals surface area contributed by atoms with Crippen molar-refractivity contribution in [2.75, 3.05) is 65.1 Å². The lowest BCUT2D eigenvalue weighted by molar-refractivity contribution is -0.133. The topological polar surface area (TPSA) is 86.3 Å². The molecule has 0 radical (unpaired) electrons. The maximum atomic E-state index is 12.4. The Morgan fingerprint density at radius 1 is 0.966 bits per heavy atom. The Morgan fingerprint density at radius 3 is 2.45 bits per heavy atom. The summed E-state index contributed by atoms with van der Waals surface area (Å²) in [5.41, 5.74) is 0. The van der Waals surface area contributed by atoms with E-state index in [1.807, 2.05) is 18.2 Å². The van der Waals surface area contributed by atoms with E-state index in [4.69, 9.17) is 18.9 Å². The van der Waals surface area contributed by atoms with Gasteiger partial charge in [0.1, 0.15) is 18.1 Å². The third-order valence-electron chi connectivity index (χ3n) is 4.52. The lowest BCUT2D eigenvalue weighted by Crippen LogP contribution is -2.50. The average molecular weight is 402 g/mol. The molecule has 1 aliphatic heterocycles. The van der Waals surface area contributed by atoms with Gasteiger partial charge in [-0.15, -0.1) is 10.2 Å². The minimum atomic E-state index is -0.0413. The van der Waals surface area contributed by atoms with Crippen molar-refractivity contribution in [1.82, 2.24) is 15.1 Å². The molecule has 0 aliphatic carbocycles. The van der Waals surface area contributed by atoms with E-state index < -0.39 is 0 Å². The van der Waals surface area contributed by atoms with Gasteiger partial charge in [-0.3, -0.25) is 4.79 Å². The number of carbonyl (C=O) groups is 1. The zero-order valence-corrected chi connectivity index (χ0v) is 16.7. The number of hydrogen-bond acceptors (Lipinski definition) is 8. The molecule has 1 aromatic heterocycles. The summed E-state index contributed by atoms with van der Waals surface area (Å²) in [5, 5.41) is 8.29. The zero-order valence-electron chi connectivity index (χ0n) is 16.7. The lowest BCUT2D eigenvalue weighted by atomic mass is 10.3. The van der Waals surface area contributed by atoms with Gasteiger partial charge in [-0.1, -0.05) is 6.07 Å². The molecule has 0 N–H and O–H groups in total. The summed E-state index contributed by atoms with van der Waals surface area (Å²) in [6.07, 6.45) is 0. The number of rotatable bonds is 9. The number of methoxy groups -OCH3 is 2. The van der Waals surface area contributed by atoms with Crippen molar-refractivity contribution in [3.63, 3.8) is 0 Å². The fourth-order valence-electron chi connectivity index (χ4n) is 2.90. The highest BCUT2D eigenvalue weighted by molar-refractivity contribution is 5.78. The maximum Gasteiger partial charge on any atom is 0.260 e. The van der Waals surface area contributed by atoms with Crippen LogP contribution in [0.25, 0.3) is 0 Å². The molecule has 0 spiro atoms. The van der Waals surface area contributed by atoms with Crippen molar-refractivity contribution >= 4 is 11.7 Å². The smallest absolute Gasteiger partial charge is 0.260 e. The van der Waals surface area contributed by atoms with Gasteiger partial charge < -0.3 is 28.7 Å². The first kappa shape index (κ1) is 20.7. The van der Waals surface area contributed by atoms with Gasteiger partial charge in [0.25, 0.3) is 5.91 Å². The molecule has 156 valence electrons. The Balaban J connectivity index is 1.44. The van der Waals surface area contributed by atoms with Crippen molar-refractivity contribution < 1.29 is 23.7 Å². The number of anilines is 1. The quantitative estimate of drug-likeness (QED) is 0.579. The van der Waals surface area contributed by atoms with Crippen molar-refractivity contribution in [3.8, 4) is 17.4 Å². The van der Waals surface area contributed by atoms with Gasteiger partial charge in [0.2, 0.25) is 5.88 Å². The summed E-state index contributed by atoms with van der Waals surface area (Å²) in [6, 6.07) is 10.9. The van der Waals surface area contributed by atoms with E-state index in [2.05, 4.69) is 15.1 Å². The number of amides is 1. The molecule has 1 aliphatic rings. The first-order chi connectivity index (χ1) is 14.2. The normalized spacial score (nSPS) is 13.9. The number of benzene rings is 1. The van der Waals surface area contributed by atoms with E-state index in [0.717, 1.165) is 5.82 Å². The van der Waals surface area contributed by atoms with Crippen LogP contribution in [0.15, 0.2) is 36.4 Å². The Labute approximate surface area is 170 Å². The minimum absolute atomic E-state index is 0.000479. The number of carbonyl (C=O) groups excluding carboxylic acids is 1. The van der Waals surface area contributed by atoms with Crippen molar-refractivity contribution in [2.24, 2.45) is 0 Å². The van der Waals surface area contributed by atoms with E-state index in [1.54, 1.807) is 37.3 Å². The molecule has 1 aromatic carbocycles. The van der Waals surface area contributed by atoms with Gasteiger partial charge in [0, 0.05) is 45.4 Å². The van der Waals surface area contributed by atoms with Crippen molar-refractivity contribution in [2.45, 2.75) is 0 Å². The second-order valence-electron chi connectivity index (χ2n) is 6.41. The summed E-state index contributed by atoms with van der Waals surface area (Å²) in [5.74, 6) is 2.50. The second-order valence-corrected chi connectivity index (χ2v) is 6.41. The predicted molar refractivity (Wildman–Crippen MR) is 107 cm³/mol. The van der Waals surface area contributed by atoms with Crippen molar-refractivity contribution in [3.05, 3.63) is 36.4 Å². The molecule has 0 atom stereocenters. The zero-order chi connectivity index (χ0) is 20.5. The lowest BCUT2D eigenvalue weighted by Gasteiger charge is -2.35. The highest BCUT2D eigenvalue weighted by Gasteiger charge is 2.22. The third kappa shape index (κ3) is 5.95. The summed E-state index contributed by atoms with van der Waals surface area (Å²) in [7, 11) is 3.21. The molecule has 1 amide bonds. The highest BCUT2D eigenvalue weighted by atomic mass is 16.5. The molecule has 0 unspecified atom stereocenters. The monoisotopic (exact) mass is 402 g/mol. The number of aromatic nitrogens is 2. The van der Waals surface area contributed by atoms with Crippen LogP contribution in [0.1, 0.15) is 0 Å². The van der Waals surface area contributed by atoms with E-state index in [-0.39, 0.29) is 12.5 Å². The number of nitrogens with zero attached hydrogens (tertiary/aromatic N) is 4. The van der Waals surface area contributed by atoms with Crippen LogP contribution >= 0.6 is 0 Å². The van der Waals surface area contributed by atoms with Gasteiger partial charge in [0.15, 0.2) is 12.4 Å². The number of piperazine rings is 1. The summed E-state index contributed by atoms with van der Waals surface area (Å²) < 4.78 is 21.1. The van der Waals surface area contributed by atoms with E-state index >= 15 is 0 Å². The maximum absolute atomic E-state index is 12.4. The molecule has 9 heteroatoms. The van der Waals surface area contributed by atoms with Crippen LogP contribution in [0.4, 0.5) is 5.82 Å². The van der Waals surface area contributed by atoms with Gasteiger partial charge in [-0.25, -0.2) is 0 Å². The molecule has 9 nitrogen and oxygen atoms in total. The molecule has 2 heterocycles. The van der Waals surface area contributed by atoms with Crippen molar-refractivity contribution in [1.29, 1.82) is 0 Å². The third-order valence-corrected chi connectivity index (χ3v) is 4.52. The van der Waals surface area contributed by atoms with Gasteiger partial charge >= 0.3 is 0 Å². The highest BCUT2D eigenvalue weighted by Crippen LogP contribution is 2.19. The van der Waals surface area contributed by atoms with Gasteiger partial charge in [-0.05, 0) is 18.2 Å². The Morgan fingerprint density at radius 2 is 1.76 bits per heavy atom. The molecule has 0 saturated carbocycles. The first-order valence-corrected chi connectivity index (χ1v) is 9.44. The molecule has 1 saturated heterocycles. The van der Waals surface area contributed by atoms with E-state index in [0.29, 0.717) is 56.8 Å². The molecular weight excluding hydrogens is 376 g/mol. The standard InChI is InChI=1S/C20H26N4O5/c1-26-12-13-28-19-7-6-18(21-22-19)23-8-10-24(11-9-23)20(25)15-29-17-5-3-4-16(14-17)27-2/h3-7,14H,8-13,15H2,1-2H3. The SMILES string of the molecule is COCCOc1ccc(N2CCN(C(=O)COc3cccc(OC)c3)CC2)nn1. The van der Waals surface area contributed by atoms with Crippen LogP contribution in [0.5, 0.6) is 17.4 Å². The van der Waals surface area contributed by atoms with Crippen LogP contribution in [-0.4, -0.2) is 81.2 Å². The molecule has 3 rings (SSSR count). The minimum Gasteiger partial charge on any atom is -0.497 e. The summed E-state index contributed by atoms with van der Waals surface area (Å²) in [4.78, 5) is 16.3. The molecule has 2 aromatic rings. The second kappa shape index (κ2) is 10.5. The van der Waals surface area contributed by atoms with Crippen LogP contribution in [0.3, 0.4) is 0 Å². The van der Waals surface area contributed by atoms with Crippen LogP contribution in [-0.2, 0) is 9.53 Å². The molecular formula is C20H26N4O5. The van der Waals surface area contributed by atoms with E-state index in [9.17, 15) is 4.79 Å². The molecule has 29 heavy (non-hydrogen) atoms. The van der Waals surface area contributed by atoms with Crippen LogP contribution < -0.4 is 19.1 Å².